The van der Waals surface area contributed by atoms with Gasteiger partial charge in [0.15, 0.2) is 17.5 Å². The standard InChI is InChI=1S/C51H32N4O/c1-3-14-33(15-4-1)49-52-50(34-16-5-2-6-17-34)54-51(53-49)38-20-11-18-35(30-38)36-19-12-21-39(31-36)55-44-25-9-7-22-41(44)43-32-37(28-29-45(43)55)40-24-13-27-47-48(40)42-23-8-10-26-46(42)56-47/h1-32H. The van der Waals surface area contributed by atoms with Crippen LogP contribution in [-0.2, 0) is 0 Å². The second kappa shape index (κ2) is 13.0. The van der Waals surface area contributed by atoms with Crippen molar-refractivity contribution in [3.8, 4) is 62.1 Å². The Bertz CT molecular complexity index is 3200. The third-order valence-corrected chi connectivity index (χ3v) is 10.6. The summed E-state index contributed by atoms with van der Waals surface area (Å²) in [5.74, 6) is 1.92. The Hall–Kier alpha value is -7.63. The van der Waals surface area contributed by atoms with Gasteiger partial charge >= 0.3 is 0 Å². The fourth-order valence-corrected chi connectivity index (χ4v) is 8.03. The van der Waals surface area contributed by atoms with E-state index in [1.54, 1.807) is 0 Å². The molecule has 0 unspecified atom stereocenters. The van der Waals surface area contributed by atoms with E-state index in [-0.39, 0.29) is 0 Å². The first-order chi connectivity index (χ1) is 27.7. The Morgan fingerprint density at radius 1 is 0.339 bits per heavy atom. The summed E-state index contributed by atoms with van der Waals surface area (Å²) in [6, 6.07) is 67.6. The topological polar surface area (TPSA) is 56.7 Å². The molecule has 0 fully saturated rings. The van der Waals surface area contributed by atoms with E-state index < -0.39 is 0 Å². The van der Waals surface area contributed by atoms with Gasteiger partial charge in [-0.25, -0.2) is 15.0 Å². The van der Waals surface area contributed by atoms with E-state index in [1.807, 2.05) is 72.8 Å². The summed E-state index contributed by atoms with van der Waals surface area (Å²) in [6.45, 7) is 0. The molecular weight excluding hydrogens is 685 g/mol. The minimum atomic E-state index is 0.632. The molecule has 0 atom stereocenters. The molecule has 5 heteroatoms. The zero-order chi connectivity index (χ0) is 37.0. The van der Waals surface area contributed by atoms with Crippen LogP contribution in [0.25, 0.3) is 106 Å². The number of rotatable bonds is 6. The lowest BCUT2D eigenvalue weighted by Gasteiger charge is -2.12. The Kier molecular flexibility index (Phi) is 7.42. The first kappa shape index (κ1) is 31.9. The Morgan fingerprint density at radius 2 is 0.893 bits per heavy atom. The van der Waals surface area contributed by atoms with E-state index in [0.29, 0.717) is 17.5 Å². The zero-order valence-corrected chi connectivity index (χ0v) is 30.2. The highest BCUT2D eigenvalue weighted by Gasteiger charge is 2.17. The van der Waals surface area contributed by atoms with Crippen molar-refractivity contribution >= 4 is 43.7 Å². The minimum Gasteiger partial charge on any atom is -0.456 e. The minimum absolute atomic E-state index is 0.632. The van der Waals surface area contributed by atoms with Crippen molar-refractivity contribution < 1.29 is 4.42 Å². The molecule has 8 aromatic carbocycles. The van der Waals surface area contributed by atoms with E-state index in [4.69, 9.17) is 19.4 Å². The Morgan fingerprint density at radius 3 is 1.66 bits per heavy atom. The molecule has 0 saturated carbocycles. The molecule has 0 saturated heterocycles. The lowest BCUT2D eigenvalue weighted by molar-refractivity contribution is 0.669. The van der Waals surface area contributed by atoms with E-state index in [2.05, 4.69) is 126 Å². The van der Waals surface area contributed by atoms with Gasteiger partial charge in [0.2, 0.25) is 0 Å². The van der Waals surface area contributed by atoms with Gasteiger partial charge in [0.25, 0.3) is 0 Å². The first-order valence-corrected chi connectivity index (χ1v) is 18.8. The predicted molar refractivity (Wildman–Crippen MR) is 229 cm³/mol. The van der Waals surface area contributed by atoms with Crippen LogP contribution in [0, 0.1) is 0 Å². The number of aromatic nitrogens is 4. The van der Waals surface area contributed by atoms with Gasteiger partial charge in [-0.05, 0) is 70.8 Å². The normalized spacial score (nSPS) is 11.6. The van der Waals surface area contributed by atoms with Crippen molar-refractivity contribution in [2.45, 2.75) is 0 Å². The molecule has 0 aliphatic heterocycles. The summed E-state index contributed by atoms with van der Waals surface area (Å²) in [4.78, 5) is 14.9. The number of para-hydroxylation sites is 2. The molecule has 56 heavy (non-hydrogen) atoms. The van der Waals surface area contributed by atoms with E-state index in [9.17, 15) is 0 Å². The summed E-state index contributed by atoms with van der Waals surface area (Å²) in [5.41, 5.74) is 12.5. The molecule has 0 N–H and O–H groups in total. The van der Waals surface area contributed by atoms with E-state index >= 15 is 0 Å². The number of furan rings is 1. The van der Waals surface area contributed by atoms with Crippen LogP contribution in [0.5, 0.6) is 0 Å². The number of hydrogen-bond acceptors (Lipinski definition) is 4. The largest absolute Gasteiger partial charge is 0.456 e. The molecule has 0 amide bonds. The number of hydrogen-bond donors (Lipinski definition) is 0. The molecule has 0 radical (unpaired) electrons. The summed E-state index contributed by atoms with van der Waals surface area (Å²) in [6.07, 6.45) is 0. The Balaban J connectivity index is 1.02. The van der Waals surface area contributed by atoms with Crippen molar-refractivity contribution in [1.82, 2.24) is 19.5 Å². The number of nitrogens with zero attached hydrogens (tertiary/aromatic N) is 4. The van der Waals surface area contributed by atoms with Gasteiger partial charge in [0.05, 0.1) is 11.0 Å². The molecule has 262 valence electrons. The lowest BCUT2D eigenvalue weighted by Crippen LogP contribution is -2.00. The van der Waals surface area contributed by atoms with E-state index in [0.717, 1.165) is 77.6 Å². The molecule has 0 bridgehead atoms. The molecule has 0 aliphatic carbocycles. The fourth-order valence-electron chi connectivity index (χ4n) is 8.03. The van der Waals surface area contributed by atoms with Crippen LogP contribution in [0.1, 0.15) is 0 Å². The highest BCUT2D eigenvalue weighted by atomic mass is 16.3. The number of fused-ring (bicyclic) bond motifs is 6. The van der Waals surface area contributed by atoms with Crippen LogP contribution in [-0.4, -0.2) is 19.5 Å². The smallest absolute Gasteiger partial charge is 0.164 e. The van der Waals surface area contributed by atoms with Crippen molar-refractivity contribution in [3.63, 3.8) is 0 Å². The SMILES string of the molecule is c1ccc(-c2nc(-c3ccccc3)nc(-c3cccc(-c4cccc(-n5c6ccccc6c6cc(-c7cccc8oc9ccccc9c78)ccc65)c4)c3)n2)cc1. The van der Waals surface area contributed by atoms with Crippen LogP contribution in [0.3, 0.4) is 0 Å². The lowest BCUT2D eigenvalue weighted by atomic mass is 9.98. The maximum atomic E-state index is 6.25. The van der Waals surface area contributed by atoms with Gasteiger partial charge in [0.1, 0.15) is 11.2 Å². The molecule has 11 rings (SSSR count). The van der Waals surface area contributed by atoms with Gasteiger partial charge in [-0.2, -0.15) is 0 Å². The number of benzene rings is 8. The highest BCUT2D eigenvalue weighted by molar-refractivity contribution is 6.15. The average Bonchev–Trinajstić information content (AvgIpc) is 3.83. The first-order valence-electron chi connectivity index (χ1n) is 18.8. The fraction of sp³-hybridized carbons (Fsp3) is 0. The summed E-state index contributed by atoms with van der Waals surface area (Å²) in [7, 11) is 0. The summed E-state index contributed by atoms with van der Waals surface area (Å²) in [5, 5.41) is 4.68. The van der Waals surface area contributed by atoms with Gasteiger partial charge in [0, 0.05) is 43.9 Å². The average molecular weight is 717 g/mol. The van der Waals surface area contributed by atoms with Gasteiger partial charge in [-0.3, -0.25) is 0 Å². The van der Waals surface area contributed by atoms with Crippen molar-refractivity contribution in [2.24, 2.45) is 0 Å². The maximum Gasteiger partial charge on any atom is 0.164 e. The molecule has 3 aromatic heterocycles. The molecule has 0 aliphatic rings. The molecule has 11 aromatic rings. The summed E-state index contributed by atoms with van der Waals surface area (Å²) < 4.78 is 8.62. The van der Waals surface area contributed by atoms with Crippen molar-refractivity contribution in [3.05, 3.63) is 194 Å². The maximum absolute atomic E-state index is 6.25. The third kappa shape index (κ3) is 5.37. The second-order valence-corrected chi connectivity index (χ2v) is 14.0. The Labute approximate surface area is 322 Å². The molecule has 3 heterocycles. The zero-order valence-electron chi connectivity index (χ0n) is 30.2. The third-order valence-electron chi connectivity index (χ3n) is 10.6. The summed E-state index contributed by atoms with van der Waals surface area (Å²) >= 11 is 0. The van der Waals surface area contributed by atoms with Gasteiger partial charge < -0.3 is 8.98 Å². The van der Waals surface area contributed by atoms with Crippen LogP contribution >= 0.6 is 0 Å². The molecule has 5 nitrogen and oxygen atoms in total. The van der Waals surface area contributed by atoms with E-state index in [1.165, 1.54) is 10.8 Å². The van der Waals surface area contributed by atoms with Crippen LogP contribution in [0.2, 0.25) is 0 Å². The van der Waals surface area contributed by atoms with Gasteiger partial charge in [-0.15, -0.1) is 0 Å². The highest BCUT2D eigenvalue weighted by Crippen LogP contribution is 2.40. The molecular formula is C51H32N4O. The van der Waals surface area contributed by atoms with Crippen molar-refractivity contribution in [1.29, 1.82) is 0 Å². The van der Waals surface area contributed by atoms with Crippen molar-refractivity contribution in [2.75, 3.05) is 0 Å². The van der Waals surface area contributed by atoms with Crippen LogP contribution < -0.4 is 0 Å². The van der Waals surface area contributed by atoms with Crippen LogP contribution in [0.4, 0.5) is 0 Å². The predicted octanol–water partition coefficient (Wildman–Crippen LogP) is 13.2. The quantitative estimate of drug-likeness (QED) is 0.172. The second-order valence-electron chi connectivity index (χ2n) is 14.0. The van der Waals surface area contributed by atoms with Gasteiger partial charge in [-0.1, -0.05) is 146 Å². The van der Waals surface area contributed by atoms with Crippen LogP contribution in [0.15, 0.2) is 199 Å². The monoisotopic (exact) mass is 716 g/mol. The molecule has 0 spiro atoms.